The first-order valence-corrected chi connectivity index (χ1v) is 6.10. The molecular formula is C12H25N3O. The van der Waals surface area contributed by atoms with E-state index in [0.29, 0.717) is 6.04 Å². The molecule has 0 bridgehead atoms. The van der Waals surface area contributed by atoms with E-state index in [4.69, 9.17) is 5.73 Å². The highest BCUT2D eigenvalue weighted by molar-refractivity contribution is 5.84. The van der Waals surface area contributed by atoms with Crippen LogP contribution >= 0.6 is 0 Å². The van der Waals surface area contributed by atoms with Gasteiger partial charge in [-0.3, -0.25) is 4.79 Å². The third-order valence-electron chi connectivity index (χ3n) is 4.06. The van der Waals surface area contributed by atoms with Gasteiger partial charge in [0.1, 0.15) is 0 Å². The molecule has 0 heterocycles. The van der Waals surface area contributed by atoms with Crippen LogP contribution in [0, 0.1) is 5.92 Å². The Kier molecular flexibility index (Phi) is 4.33. The van der Waals surface area contributed by atoms with E-state index in [1.807, 2.05) is 6.92 Å². The van der Waals surface area contributed by atoms with Gasteiger partial charge in [-0.1, -0.05) is 0 Å². The molecule has 0 aromatic heterocycles. The van der Waals surface area contributed by atoms with Gasteiger partial charge in [0.25, 0.3) is 0 Å². The van der Waals surface area contributed by atoms with E-state index in [9.17, 15) is 4.79 Å². The van der Waals surface area contributed by atoms with Crippen molar-refractivity contribution in [3.8, 4) is 0 Å². The minimum absolute atomic E-state index is 0.275. The fourth-order valence-electron chi connectivity index (χ4n) is 1.91. The Bertz CT molecular complexity index is 253. The highest BCUT2D eigenvalue weighted by atomic mass is 16.1. The van der Waals surface area contributed by atoms with E-state index in [1.165, 1.54) is 12.8 Å². The van der Waals surface area contributed by atoms with Crippen LogP contribution < -0.4 is 11.1 Å². The van der Waals surface area contributed by atoms with Gasteiger partial charge in [0, 0.05) is 12.6 Å². The molecule has 3 N–H and O–H groups in total. The molecular weight excluding hydrogens is 202 g/mol. The SMILES string of the molecule is CNC(C)(CCN(C)C(C)C1CC1)C(N)=O. The van der Waals surface area contributed by atoms with Gasteiger partial charge in [-0.05, 0) is 53.1 Å². The summed E-state index contributed by atoms with van der Waals surface area (Å²) in [4.78, 5) is 13.7. The normalized spacial score (nSPS) is 21.8. The van der Waals surface area contributed by atoms with Crippen LogP contribution in [-0.2, 0) is 4.79 Å². The lowest BCUT2D eigenvalue weighted by atomic mass is 9.96. The second-order valence-corrected chi connectivity index (χ2v) is 5.25. The third-order valence-corrected chi connectivity index (χ3v) is 4.06. The van der Waals surface area contributed by atoms with Crippen LogP contribution in [0.5, 0.6) is 0 Å². The number of carbonyl (C=O) groups is 1. The summed E-state index contributed by atoms with van der Waals surface area (Å²) in [7, 11) is 3.91. The minimum Gasteiger partial charge on any atom is -0.368 e. The molecule has 0 aromatic rings. The fraction of sp³-hybridized carbons (Fsp3) is 0.917. The molecule has 0 aliphatic heterocycles. The number of nitrogens with zero attached hydrogens (tertiary/aromatic N) is 1. The molecule has 94 valence electrons. The van der Waals surface area contributed by atoms with Crippen LogP contribution in [0.3, 0.4) is 0 Å². The van der Waals surface area contributed by atoms with Crippen molar-refractivity contribution in [1.29, 1.82) is 0 Å². The Morgan fingerprint density at radius 2 is 2.19 bits per heavy atom. The number of hydrogen-bond acceptors (Lipinski definition) is 3. The summed E-state index contributed by atoms with van der Waals surface area (Å²) in [6, 6.07) is 0.619. The van der Waals surface area contributed by atoms with Crippen molar-refractivity contribution >= 4 is 5.91 Å². The Morgan fingerprint density at radius 3 is 2.56 bits per heavy atom. The lowest BCUT2D eigenvalue weighted by molar-refractivity contribution is -0.124. The lowest BCUT2D eigenvalue weighted by Crippen LogP contribution is -2.53. The van der Waals surface area contributed by atoms with Crippen LogP contribution in [0.15, 0.2) is 0 Å². The van der Waals surface area contributed by atoms with Crippen molar-refractivity contribution in [2.24, 2.45) is 11.7 Å². The average molecular weight is 227 g/mol. The zero-order valence-electron chi connectivity index (χ0n) is 10.9. The van der Waals surface area contributed by atoms with Crippen LogP contribution in [0.1, 0.15) is 33.1 Å². The van der Waals surface area contributed by atoms with E-state index in [0.717, 1.165) is 18.9 Å². The number of likely N-dealkylation sites (N-methyl/N-ethyl adjacent to an activating group) is 1. The second kappa shape index (κ2) is 5.15. The summed E-state index contributed by atoms with van der Waals surface area (Å²) in [6.07, 6.45) is 3.46. The van der Waals surface area contributed by atoms with Gasteiger partial charge in [0.2, 0.25) is 5.91 Å². The Hall–Kier alpha value is -0.610. The molecule has 1 rings (SSSR count). The molecule has 4 heteroatoms. The lowest BCUT2D eigenvalue weighted by Gasteiger charge is -2.30. The molecule has 1 aliphatic carbocycles. The second-order valence-electron chi connectivity index (χ2n) is 5.25. The number of hydrogen-bond donors (Lipinski definition) is 2. The first-order valence-electron chi connectivity index (χ1n) is 6.10. The van der Waals surface area contributed by atoms with Crippen molar-refractivity contribution < 1.29 is 4.79 Å². The smallest absolute Gasteiger partial charge is 0.237 e. The van der Waals surface area contributed by atoms with Crippen LogP contribution in [-0.4, -0.2) is 43.0 Å². The zero-order valence-corrected chi connectivity index (χ0v) is 10.9. The molecule has 16 heavy (non-hydrogen) atoms. The summed E-state index contributed by atoms with van der Waals surface area (Å²) < 4.78 is 0. The number of primary amides is 1. The Morgan fingerprint density at radius 1 is 1.62 bits per heavy atom. The number of rotatable bonds is 7. The standard InChI is InChI=1S/C12H25N3O/c1-9(10-5-6-10)15(4)8-7-12(2,14-3)11(13)16/h9-10,14H,5-8H2,1-4H3,(H2,13,16). The third kappa shape index (κ3) is 3.19. The van der Waals surface area contributed by atoms with Gasteiger partial charge in [0.15, 0.2) is 0 Å². The van der Waals surface area contributed by atoms with E-state index in [-0.39, 0.29) is 5.91 Å². The molecule has 0 aromatic carbocycles. The van der Waals surface area contributed by atoms with Gasteiger partial charge in [-0.25, -0.2) is 0 Å². The highest BCUT2D eigenvalue weighted by Gasteiger charge is 2.33. The fourth-order valence-corrected chi connectivity index (χ4v) is 1.91. The van der Waals surface area contributed by atoms with Gasteiger partial charge in [-0.2, -0.15) is 0 Å². The maximum Gasteiger partial charge on any atom is 0.237 e. The van der Waals surface area contributed by atoms with Crippen LogP contribution in [0.25, 0.3) is 0 Å². The summed E-state index contributed by atoms with van der Waals surface area (Å²) >= 11 is 0. The van der Waals surface area contributed by atoms with Gasteiger partial charge >= 0.3 is 0 Å². The molecule has 1 aliphatic rings. The molecule has 0 saturated heterocycles. The minimum atomic E-state index is -0.586. The number of amides is 1. The van der Waals surface area contributed by atoms with Crippen molar-refractivity contribution in [2.45, 2.75) is 44.7 Å². The Balaban J connectivity index is 2.39. The van der Waals surface area contributed by atoms with E-state index in [2.05, 4.69) is 24.2 Å². The monoisotopic (exact) mass is 227 g/mol. The van der Waals surface area contributed by atoms with Gasteiger partial charge in [0.05, 0.1) is 5.54 Å². The average Bonchev–Trinajstić information content (AvgIpc) is 3.07. The predicted molar refractivity (Wildman–Crippen MR) is 66.1 cm³/mol. The summed E-state index contributed by atoms with van der Waals surface area (Å²) in [5.74, 6) is 0.585. The largest absolute Gasteiger partial charge is 0.368 e. The molecule has 1 fully saturated rings. The van der Waals surface area contributed by atoms with Crippen LogP contribution in [0.2, 0.25) is 0 Å². The van der Waals surface area contributed by atoms with Crippen molar-refractivity contribution in [2.75, 3.05) is 20.6 Å². The zero-order chi connectivity index (χ0) is 12.3. The molecule has 0 spiro atoms. The number of carbonyl (C=O) groups excluding carboxylic acids is 1. The maximum atomic E-state index is 11.3. The first-order chi connectivity index (χ1) is 7.40. The molecule has 1 amide bonds. The van der Waals surface area contributed by atoms with E-state index in [1.54, 1.807) is 7.05 Å². The molecule has 1 saturated carbocycles. The first kappa shape index (κ1) is 13.5. The molecule has 2 atom stereocenters. The van der Waals surface area contributed by atoms with Gasteiger partial charge in [-0.15, -0.1) is 0 Å². The van der Waals surface area contributed by atoms with E-state index < -0.39 is 5.54 Å². The summed E-state index contributed by atoms with van der Waals surface area (Å²) in [6.45, 7) is 5.03. The number of nitrogens with one attached hydrogen (secondary N) is 1. The predicted octanol–water partition coefficient (Wildman–Crippen LogP) is 0.570. The molecule has 4 nitrogen and oxygen atoms in total. The molecule has 0 radical (unpaired) electrons. The van der Waals surface area contributed by atoms with Crippen LogP contribution in [0.4, 0.5) is 0 Å². The summed E-state index contributed by atoms with van der Waals surface area (Å²) in [5, 5.41) is 3.02. The summed E-state index contributed by atoms with van der Waals surface area (Å²) in [5.41, 5.74) is 4.81. The van der Waals surface area contributed by atoms with Crippen molar-refractivity contribution in [1.82, 2.24) is 10.2 Å². The van der Waals surface area contributed by atoms with E-state index >= 15 is 0 Å². The highest BCUT2D eigenvalue weighted by Crippen LogP contribution is 2.34. The van der Waals surface area contributed by atoms with Gasteiger partial charge < -0.3 is 16.0 Å². The van der Waals surface area contributed by atoms with Crippen molar-refractivity contribution in [3.63, 3.8) is 0 Å². The topological polar surface area (TPSA) is 58.4 Å². The number of nitrogens with two attached hydrogens (primary N) is 1. The molecule has 2 unspecified atom stereocenters. The Labute approximate surface area is 98.6 Å². The maximum absolute atomic E-state index is 11.3. The quantitative estimate of drug-likeness (QED) is 0.668. The van der Waals surface area contributed by atoms with Crippen molar-refractivity contribution in [3.05, 3.63) is 0 Å².